The monoisotopic (exact) mass is 216 g/mol. The summed E-state index contributed by atoms with van der Waals surface area (Å²) in [5.41, 5.74) is 5.37. The summed E-state index contributed by atoms with van der Waals surface area (Å²) in [4.78, 5) is 0. The van der Waals surface area contributed by atoms with E-state index < -0.39 is 0 Å². The minimum atomic E-state index is 0.603. The molecule has 0 heterocycles. The molecule has 0 aliphatic heterocycles. The van der Waals surface area contributed by atoms with Crippen molar-refractivity contribution in [2.24, 2.45) is 5.92 Å². The zero-order chi connectivity index (χ0) is 12.3. The average molecular weight is 216 g/mol. The Labute approximate surface area is 100 Å². The van der Waals surface area contributed by atoms with Gasteiger partial charge in [0, 0.05) is 0 Å². The zero-order valence-electron chi connectivity index (χ0n) is 11.3. The number of aryl methyl sites for hydroxylation is 1. The van der Waals surface area contributed by atoms with Gasteiger partial charge in [0.15, 0.2) is 0 Å². The molecule has 0 unspecified atom stereocenters. The minimum Gasteiger partial charge on any atom is -0.0952 e. The highest BCUT2D eigenvalue weighted by Gasteiger charge is 2.07. The lowest BCUT2D eigenvalue weighted by Crippen LogP contribution is -1.95. The van der Waals surface area contributed by atoms with Crippen molar-refractivity contribution < 1.29 is 0 Å². The van der Waals surface area contributed by atoms with Crippen molar-refractivity contribution in [2.75, 3.05) is 0 Å². The van der Waals surface area contributed by atoms with Crippen LogP contribution in [0.1, 0.15) is 56.7 Å². The molecule has 88 valence electrons. The second-order valence-electron chi connectivity index (χ2n) is 5.43. The predicted octanol–water partition coefficient (Wildman–Crippen LogP) is 5.18. The Morgan fingerprint density at radius 1 is 1.19 bits per heavy atom. The molecule has 0 nitrogen and oxygen atoms in total. The predicted molar refractivity (Wildman–Crippen MR) is 73.8 cm³/mol. The van der Waals surface area contributed by atoms with Crippen LogP contribution in [0.3, 0.4) is 0 Å². The van der Waals surface area contributed by atoms with Crippen molar-refractivity contribution in [1.82, 2.24) is 0 Å². The van der Waals surface area contributed by atoms with Gasteiger partial charge in [-0.1, -0.05) is 52.5 Å². The Balaban J connectivity index is 2.95. The van der Waals surface area contributed by atoms with Crippen LogP contribution < -0.4 is 0 Å². The summed E-state index contributed by atoms with van der Waals surface area (Å²) in [6.45, 7) is 15.3. The topological polar surface area (TPSA) is 0 Å². The maximum atomic E-state index is 4.20. The van der Waals surface area contributed by atoms with E-state index >= 15 is 0 Å². The molecule has 0 bridgehead atoms. The normalized spacial score (nSPS) is 11.2. The molecular formula is C16H24. The van der Waals surface area contributed by atoms with Crippen molar-refractivity contribution in [3.63, 3.8) is 0 Å². The number of benzene rings is 1. The SMILES string of the molecule is C=C(CC(C)C)c1ccc(C(C)C)cc1C. The summed E-state index contributed by atoms with van der Waals surface area (Å²) in [6, 6.07) is 6.76. The highest BCUT2D eigenvalue weighted by Crippen LogP contribution is 2.26. The molecule has 0 saturated carbocycles. The van der Waals surface area contributed by atoms with Crippen molar-refractivity contribution in [2.45, 2.75) is 47.0 Å². The molecular weight excluding hydrogens is 192 g/mol. The van der Waals surface area contributed by atoms with Gasteiger partial charge >= 0.3 is 0 Å². The summed E-state index contributed by atoms with van der Waals surface area (Å²) in [5.74, 6) is 1.28. The summed E-state index contributed by atoms with van der Waals surface area (Å²) in [5, 5.41) is 0. The van der Waals surface area contributed by atoms with Gasteiger partial charge in [0.2, 0.25) is 0 Å². The molecule has 0 aromatic heterocycles. The number of hydrogen-bond acceptors (Lipinski definition) is 0. The van der Waals surface area contributed by atoms with E-state index in [1.54, 1.807) is 0 Å². The fraction of sp³-hybridized carbons (Fsp3) is 0.500. The fourth-order valence-electron chi connectivity index (χ4n) is 2.05. The minimum absolute atomic E-state index is 0.603. The van der Waals surface area contributed by atoms with Crippen LogP contribution in [-0.4, -0.2) is 0 Å². The van der Waals surface area contributed by atoms with E-state index in [2.05, 4.69) is 59.4 Å². The molecule has 0 aliphatic carbocycles. The van der Waals surface area contributed by atoms with Gasteiger partial charge in [0.25, 0.3) is 0 Å². The Hall–Kier alpha value is -1.04. The van der Waals surface area contributed by atoms with Gasteiger partial charge in [-0.3, -0.25) is 0 Å². The molecule has 1 aromatic rings. The third-order valence-electron chi connectivity index (χ3n) is 2.95. The largest absolute Gasteiger partial charge is 0.0952 e. The van der Waals surface area contributed by atoms with Crippen LogP contribution in [-0.2, 0) is 0 Å². The third-order valence-corrected chi connectivity index (χ3v) is 2.95. The highest BCUT2D eigenvalue weighted by atomic mass is 14.1. The van der Waals surface area contributed by atoms with Crippen LogP contribution in [0, 0.1) is 12.8 Å². The van der Waals surface area contributed by atoms with Gasteiger partial charge < -0.3 is 0 Å². The third kappa shape index (κ3) is 3.23. The van der Waals surface area contributed by atoms with Gasteiger partial charge in [-0.25, -0.2) is 0 Å². The molecule has 0 spiro atoms. The Morgan fingerprint density at radius 2 is 1.81 bits per heavy atom. The Morgan fingerprint density at radius 3 is 2.25 bits per heavy atom. The first-order valence-electron chi connectivity index (χ1n) is 6.20. The Bertz CT molecular complexity index is 370. The fourth-order valence-corrected chi connectivity index (χ4v) is 2.05. The zero-order valence-corrected chi connectivity index (χ0v) is 11.3. The quantitative estimate of drug-likeness (QED) is 0.650. The van der Waals surface area contributed by atoms with E-state index in [1.165, 1.54) is 22.3 Å². The van der Waals surface area contributed by atoms with E-state index in [0.29, 0.717) is 11.8 Å². The van der Waals surface area contributed by atoms with Crippen molar-refractivity contribution in [3.8, 4) is 0 Å². The van der Waals surface area contributed by atoms with E-state index in [0.717, 1.165) is 6.42 Å². The first-order valence-corrected chi connectivity index (χ1v) is 6.20. The lowest BCUT2D eigenvalue weighted by Gasteiger charge is -2.14. The van der Waals surface area contributed by atoms with Crippen LogP contribution in [0.15, 0.2) is 24.8 Å². The molecule has 0 amide bonds. The molecule has 0 atom stereocenters. The van der Waals surface area contributed by atoms with Crippen LogP contribution in [0.2, 0.25) is 0 Å². The maximum absolute atomic E-state index is 4.20. The first-order chi connectivity index (χ1) is 7.41. The molecule has 0 saturated heterocycles. The van der Waals surface area contributed by atoms with Crippen molar-refractivity contribution in [3.05, 3.63) is 41.5 Å². The molecule has 0 radical (unpaired) electrons. The van der Waals surface area contributed by atoms with Crippen LogP contribution in [0.25, 0.3) is 5.57 Å². The summed E-state index contributed by atoms with van der Waals surface area (Å²) in [7, 11) is 0. The van der Waals surface area contributed by atoms with E-state index in [9.17, 15) is 0 Å². The molecule has 0 aliphatic rings. The second-order valence-corrected chi connectivity index (χ2v) is 5.43. The second kappa shape index (κ2) is 5.34. The lowest BCUT2D eigenvalue weighted by molar-refractivity contribution is 0.674. The number of rotatable bonds is 4. The van der Waals surface area contributed by atoms with Crippen molar-refractivity contribution >= 4 is 5.57 Å². The van der Waals surface area contributed by atoms with Crippen LogP contribution in [0.4, 0.5) is 0 Å². The first kappa shape index (κ1) is 13.0. The van der Waals surface area contributed by atoms with Gasteiger partial charge in [-0.15, -0.1) is 0 Å². The maximum Gasteiger partial charge on any atom is -0.0201 e. The van der Waals surface area contributed by atoms with E-state index in [-0.39, 0.29) is 0 Å². The number of hydrogen-bond donors (Lipinski definition) is 0. The van der Waals surface area contributed by atoms with Gasteiger partial charge in [-0.05, 0) is 47.4 Å². The van der Waals surface area contributed by atoms with Gasteiger partial charge in [-0.2, -0.15) is 0 Å². The molecule has 1 rings (SSSR count). The molecule has 16 heavy (non-hydrogen) atoms. The van der Waals surface area contributed by atoms with Crippen LogP contribution in [0.5, 0.6) is 0 Å². The van der Waals surface area contributed by atoms with Crippen molar-refractivity contribution in [1.29, 1.82) is 0 Å². The van der Waals surface area contributed by atoms with Crippen LogP contribution >= 0.6 is 0 Å². The summed E-state index contributed by atoms with van der Waals surface area (Å²) in [6.07, 6.45) is 1.09. The number of allylic oxidation sites excluding steroid dienone is 1. The molecule has 1 aromatic carbocycles. The smallest absolute Gasteiger partial charge is 0.0201 e. The van der Waals surface area contributed by atoms with Gasteiger partial charge in [0.1, 0.15) is 0 Å². The average Bonchev–Trinajstić information content (AvgIpc) is 2.15. The summed E-state index contributed by atoms with van der Waals surface area (Å²) < 4.78 is 0. The van der Waals surface area contributed by atoms with E-state index in [4.69, 9.17) is 0 Å². The lowest BCUT2D eigenvalue weighted by atomic mass is 9.91. The van der Waals surface area contributed by atoms with Gasteiger partial charge in [0.05, 0.1) is 0 Å². The molecule has 0 N–H and O–H groups in total. The summed E-state index contributed by atoms with van der Waals surface area (Å²) >= 11 is 0. The molecule has 0 heteroatoms. The standard InChI is InChI=1S/C16H24/c1-11(2)9-13(5)16-8-7-15(12(3)4)10-14(16)6/h7-8,10-12H,5,9H2,1-4,6H3. The van der Waals surface area contributed by atoms with E-state index in [1.807, 2.05) is 0 Å². The molecule has 0 fully saturated rings. The highest BCUT2D eigenvalue weighted by molar-refractivity contribution is 5.66. The Kier molecular flexibility index (Phi) is 4.35.